The van der Waals surface area contributed by atoms with Gasteiger partial charge in [0, 0.05) is 6.07 Å². The quantitative estimate of drug-likeness (QED) is 0.282. The van der Waals surface area contributed by atoms with Crippen LogP contribution in [0.15, 0.2) is 82.2 Å². The van der Waals surface area contributed by atoms with E-state index in [0.717, 1.165) is 5.56 Å². The summed E-state index contributed by atoms with van der Waals surface area (Å²) in [5.41, 5.74) is 0.819. The van der Waals surface area contributed by atoms with Gasteiger partial charge in [-0.2, -0.15) is 0 Å². The number of hydrogen-bond acceptors (Lipinski definition) is 5. The zero-order chi connectivity index (χ0) is 22.9. The number of fused-ring (bicyclic) bond motifs is 1. The molecule has 0 N–H and O–H groups in total. The normalized spacial score (nSPS) is 11.4. The largest absolute Gasteiger partial charge is 0.460 e. The minimum atomic E-state index is -0.844. The molecule has 0 spiro atoms. The molecule has 0 fully saturated rings. The van der Waals surface area contributed by atoms with Gasteiger partial charge in [-0.25, -0.2) is 9.18 Å². The summed E-state index contributed by atoms with van der Waals surface area (Å²) in [7, 11) is 0. The summed E-state index contributed by atoms with van der Waals surface area (Å²) in [6.45, 7) is 6.34. The van der Waals surface area contributed by atoms with E-state index in [1.165, 1.54) is 48.7 Å². The van der Waals surface area contributed by atoms with Gasteiger partial charge in [0.2, 0.25) is 11.2 Å². The van der Waals surface area contributed by atoms with Crippen LogP contribution in [0.3, 0.4) is 0 Å². The summed E-state index contributed by atoms with van der Waals surface area (Å²) >= 11 is 0. The number of rotatable bonds is 4. The highest BCUT2D eigenvalue weighted by Gasteiger charge is 2.16. The van der Waals surface area contributed by atoms with Crippen molar-refractivity contribution in [2.45, 2.75) is 26.2 Å². The van der Waals surface area contributed by atoms with Crippen molar-refractivity contribution in [3.63, 3.8) is 0 Å². The molecule has 4 aromatic rings. The Morgan fingerprint density at radius 2 is 1.62 bits per heavy atom. The lowest BCUT2D eigenvalue weighted by Gasteiger charge is -2.19. The molecule has 0 saturated carbocycles. The third-order valence-electron chi connectivity index (χ3n) is 4.97. The Balaban J connectivity index is 1.57. The monoisotopic (exact) mass is 432 g/mol. The fourth-order valence-corrected chi connectivity index (χ4v) is 3.16. The Morgan fingerprint density at radius 1 is 0.938 bits per heavy atom. The molecule has 0 aliphatic heterocycles. The van der Waals surface area contributed by atoms with Gasteiger partial charge in [-0.3, -0.25) is 4.79 Å². The molecule has 3 aromatic carbocycles. The van der Waals surface area contributed by atoms with E-state index < -0.39 is 11.8 Å². The average Bonchev–Trinajstić information content (AvgIpc) is 2.76. The van der Waals surface area contributed by atoms with Crippen LogP contribution in [0, 0.1) is 5.82 Å². The van der Waals surface area contributed by atoms with Crippen molar-refractivity contribution in [1.82, 2.24) is 0 Å². The highest BCUT2D eigenvalue weighted by molar-refractivity contribution is 5.92. The summed E-state index contributed by atoms with van der Waals surface area (Å²) in [6, 6.07) is 17.3. The van der Waals surface area contributed by atoms with Gasteiger partial charge in [-0.1, -0.05) is 45.0 Å². The van der Waals surface area contributed by atoms with Crippen molar-refractivity contribution >= 4 is 16.9 Å². The van der Waals surface area contributed by atoms with Crippen molar-refractivity contribution in [1.29, 1.82) is 0 Å². The molecule has 6 heteroatoms. The van der Waals surface area contributed by atoms with Crippen LogP contribution < -0.4 is 14.9 Å². The van der Waals surface area contributed by atoms with E-state index in [-0.39, 0.29) is 38.9 Å². The molecule has 5 nitrogen and oxygen atoms in total. The molecule has 0 amide bonds. The molecule has 162 valence electrons. The average molecular weight is 432 g/mol. The maximum absolute atomic E-state index is 13.8. The van der Waals surface area contributed by atoms with Gasteiger partial charge in [0.25, 0.3) is 0 Å². The number of halogens is 1. The first kappa shape index (κ1) is 21.3. The Kier molecular flexibility index (Phi) is 5.53. The Hall–Kier alpha value is -3.93. The van der Waals surface area contributed by atoms with E-state index in [4.69, 9.17) is 13.9 Å². The summed E-state index contributed by atoms with van der Waals surface area (Å²) in [5.74, 6) is -0.844. The minimum absolute atomic E-state index is 0.00789. The van der Waals surface area contributed by atoms with Gasteiger partial charge in [0.1, 0.15) is 29.2 Å². The third-order valence-corrected chi connectivity index (χ3v) is 4.97. The Morgan fingerprint density at radius 3 is 2.31 bits per heavy atom. The van der Waals surface area contributed by atoms with Gasteiger partial charge in [0.15, 0.2) is 0 Å². The predicted molar refractivity (Wildman–Crippen MR) is 119 cm³/mol. The van der Waals surface area contributed by atoms with Crippen molar-refractivity contribution in [2.24, 2.45) is 0 Å². The second kappa shape index (κ2) is 8.30. The summed E-state index contributed by atoms with van der Waals surface area (Å²) in [5, 5.41) is 0.263. The van der Waals surface area contributed by atoms with Crippen LogP contribution in [0.2, 0.25) is 0 Å². The zero-order valence-electron chi connectivity index (χ0n) is 17.8. The molecule has 0 bridgehead atoms. The molecule has 0 unspecified atom stereocenters. The molecular formula is C26H21FO5. The third kappa shape index (κ3) is 4.39. The van der Waals surface area contributed by atoms with Crippen molar-refractivity contribution < 1.29 is 23.1 Å². The predicted octanol–water partition coefficient (Wildman–Crippen LogP) is 6.24. The molecule has 4 rings (SSSR count). The van der Waals surface area contributed by atoms with Crippen molar-refractivity contribution in [3.05, 3.63) is 100 Å². The van der Waals surface area contributed by atoms with E-state index >= 15 is 0 Å². The van der Waals surface area contributed by atoms with E-state index in [1.807, 2.05) is 12.1 Å². The van der Waals surface area contributed by atoms with E-state index in [2.05, 4.69) is 20.8 Å². The van der Waals surface area contributed by atoms with Crippen LogP contribution in [0.25, 0.3) is 11.0 Å². The van der Waals surface area contributed by atoms with Crippen LogP contribution in [0.1, 0.15) is 36.7 Å². The van der Waals surface area contributed by atoms with Crippen LogP contribution in [-0.2, 0) is 5.41 Å². The lowest BCUT2D eigenvalue weighted by molar-refractivity contribution is 0.0730. The van der Waals surface area contributed by atoms with Gasteiger partial charge >= 0.3 is 5.97 Å². The number of hydrogen-bond donors (Lipinski definition) is 0. The SMILES string of the molecule is CC(C)(C)c1ccc(Oc2coc3cc(OC(=O)c4ccccc4F)ccc3c2=O)cc1. The first-order valence-corrected chi connectivity index (χ1v) is 10.0. The fraction of sp³-hybridized carbons (Fsp3) is 0.154. The summed E-state index contributed by atoms with van der Waals surface area (Å²) in [4.78, 5) is 25.0. The van der Waals surface area contributed by atoms with E-state index in [0.29, 0.717) is 5.75 Å². The summed E-state index contributed by atoms with van der Waals surface area (Å²) in [6.07, 6.45) is 1.21. The first-order valence-electron chi connectivity index (χ1n) is 10.0. The maximum atomic E-state index is 13.8. The lowest BCUT2D eigenvalue weighted by atomic mass is 9.87. The molecular weight excluding hydrogens is 411 g/mol. The molecule has 1 heterocycles. The van der Waals surface area contributed by atoms with Crippen LogP contribution in [-0.4, -0.2) is 5.97 Å². The van der Waals surface area contributed by atoms with Gasteiger partial charge in [-0.05, 0) is 47.4 Å². The summed E-state index contributed by atoms with van der Waals surface area (Å²) < 4.78 is 30.3. The van der Waals surface area contributed by atoms with E-state index in [1.54, 1.807) is 12.1 Å². The highest BCUT2D eigenvalue weighted by atomic mass is 19.1. The van der Waals surface area contributed by atoms with Gasteiger partial charge in [-0.15, -0.1) is 0 Å². The molecule has 0 atom stereocenters. The van der Waals surface area contributed by atoms with Crippen LogP contribution >= 0.6 is 0 Å². The first-order chi connectivity index (χ1) is 15.2. The Labute approximate surface area is 184 Å². The number of carbonyl (C=O) groups excluding carboxylic acids is 1. The highest BCUT2D eigenvalue weighted by Crippen LogP contribution is 2.27. The van der Waals surface area contributed by atoms with Crippen molar-refractivity contribution in [2.75, 3.05) is 0 Å². The molecule has 32 heavy (non-hydrogen) atoms. The number of ether oxygens (including phenoxy) is 2. The fourth-order valence-electron chi connectivity index (χ4n) is 3.16. The topological polar surface area (TPSA) is 65.7 Å². The minimum Gasteiger partial charge on any atom is -0.460 e. The van der Waals surface area contributed by atoms with Crippen molar-refractivity contribution in [3.8, 4) is 17.2 Å². The molecule has 1 aromatic heterocycles. The standard InChI is InChI=1S/C26H21FO5/c1-26(2,3)16-8-10-17(11-9-16)31-23-15-30-22-14-18(12-13-20(22)24(23)28)32-25(29)19-6-4-5-7-21(19)27/h4-15H,1-3H3. The maximum Gasteiger partial charge on any atom is 0.346 e. The molecule has 0 radical (unpaired) electrons. The number of esters is 1. The lowest BCUT2D eigenvalue weighted by Crippen LogP contribution is -2.11. The number of carbonyl (C=O) groups is 1. The second-order valence-electron chi connectivity index (χ2n) is 8.33. The Bertz CT molecular complexity index is 1350. The number of benzene rings is 3. The van der Waals surface area contributed by atoms with Crippen LogP contribution in [0.4, 0.5) is 4.39 Å². The van der Waals surface area contributed by atoms with Gasteiger partial charge in [0.05, 0.1) is 10.9 Å². The smallest absolute Gasteiger partial charge is 0.346 e. The van der Waals surface area contributed by atoms with Crippen LogP contribution in [0.5, 0.6) is 17.2 Å². The molecule has 0 aliphatic carbocycles. The van der Waals surface area contributed by atoms with Gasteiger partial charge < -0.3 is 13.9 Å². The second-order valence-corrected chi connectivity index (χ2v) is 8.33. The zero-order valence-corrected chi connectivity index (χ0v) is 17.8. The van der Waals surface area contributed by atoms with E-state index in [9.17, 15) is 14.0 Å². The molecule has 0 saturated heterocycles. The molecule has 0 aliphatic rings.